The van der Waals surface area contributed by atoms with Crippen molar-refractivity contribution in [1.29, 1.82) is 5.26 Å². The summed E-state index contributed by atoms with van der Waals surface area (Å²) < 4.78 is 1.89. The van der Waals surface area contributed by atoms with E-state index in [0.29, 0.717) is 10.6 Å². The Kier molecular flexibility index (Phi) is 5.31. The highest BCUT2D eigenvalue weighted by Gasteiger charge is 2.16. The van der Waals surface area contributed by atoms with Crippen molar-refractivity contribution in [2.24, 2.45) is 0 Å². The zero-order valence-corrected chi connectivity index (χ0v) is 13.6. The van der Waals surface area contributed by atoms with Crippen LogP contribution in [0.3, 0.4) is 0 Å². The zero-order chi connectivity index (χ0) is 16.1. The van der Waals surface area contributed by atoms with E-state index in [1.165, 1.54) is 11.3 Å². The minimum Gasteiger partial charge on any atom is -0.315 e. The second-order valence-corrected chi connectivity index (χ2v) is 6.15. The van der Waals surface area contributed by atoms with Crippen LogP contribution in [-0.4, -0.2) is 28.3 Å². The van der Waals surface area contributed by atoms with Gasteiger partial charge in [0.05, 0.1) is 24.3 Å². The summed E-state index contributed by atoms with van der Waals surface area (Å²) >= 11 is 1.35. The molecule has 7 heteroatoms. The van der Waals surface area contributed by atoms with E-state index in [1.54, 1.807) is 11.4 Å². The molecule has 2 N–H and O–H groups in total. The molecule has 0 aliphatic carbocycles. The number of rotatable bonds is 6. The predicted octanol–water partition coefficient (Wildman–Crippen LogP) is 2.30. The fraction of sp³-hybridized carbons (Fsp3) is 0.400. The summed E-state index contributed by atoms with van der Waals surface area (Å²) in [5.74, 6) is -0.158. The van der Waals surface area contributed by atoms with Crippen molar-refractivity contribution in [2.45, 2.75) is 32.9 Å². The van der Waals surface area contributed by atoms with Gasteiger partial charge < -0.3 is 10.6 Å². The first kappa shape index (κ1) is 16.2. The van der Waals surface area contributed by atoms with Gasteiger partial charge in [0.15, 0.2) is 0 Å². The number of anilines is 1. The van der Waals surface area contributed by atoms with E-state index in [9.17, 15) is 4.79 Å². The highest BCUT2D eigenvalue weighted by molar-refractivity contribution is 7.14. The van der Waals surface area contributed by atoms with Crippen LogP contribution in [0.1, 0.15) is 31.0 Å². The van der Waals surface area contributed by atoms with Gasteiger partial charge in [-0.25, -0.2) is 0 Å². The third-order valence-corrected chi connectivity index (χ3v) is 4.32. The molecular weight excluding hydrogens is 298 g/mol. The lowest BCUT2D eigenvalue weighted by Crippen LogP contribution is -2.39. The normalized spacial score (nSPS) is 13.4. The van der Waals surface area contributed by atoms with Gasteiger partial charge in [-0.1, -0.05) is 0 Å². The minimum atomic E-state index is -0.158. The summed E-state index contributed by atoms with van der Waals surface area (Å²) in [7, 11) is 0. The van der Waals surface area contributed by atoms with Crippen molar-refractivity contribution in [3.63, 3.8) is 0 Å². The topological polar surface area (TPSA) is 82.7 Å². The molecule has 2 aromatic heterocycles. The number of carbonyl (C=O) groups excluding carboxylic acids is 1. The lowest BCUT2D eigenvalue weighted by atomic mass is 10.2. The number of nitrogens with one attached hydrogen (secondary N) is 2. The Labute approximate surface area is 133 Å². The molecule has 0 saturated heterocycles. The lowest BCUT2D eigenvalue weighted by molar-refractivity contribution is -0.115. The van der Waals surface area contributed by atoms with E-state index in [0.717, 1.165) is 5.56 Å². The number of hydrogen-bond donors (Lipinski definition) is 2. The fourth-order valence-electron chi connectivity index (χ4n) is 1.97. The maximum Gasteiger partial charge on any atom is 0.238 e. The number of carbonyl (C=O) groups is 1. The van der Waals surface area contributed by atoms with Crippen LogP contribution in [0, 0.1) is 18.3 Å². The Morgan fingerprint density at radius 2 is 2.32 bits per heavy atom. The summed E-state index contributed by atoms with van der Waals surface area (Å²) in [6.07, 6.45) is 3.80. The van der Waals surface area contributed by atoms with Crippen LogP contribution in [0.15, 0.2) is 23.8 Å². The number of aryl methyl sites for hydroxylation is 1. The molecule has 0 aliphatic heterocycles. The second kappa shape index (κ2) is 7.20. The maximum absolute atomic E-state index is 11.9. The fourth-order valence-corrected chi connectivity index (χ4v) is 2.73. The minimum absolute atomic E-state index is 0.0869. The molecule has 0 aliphatic rings. The third kappa shape index (κ3) is 3.93. The van der Waals surface area contributed by atoms with Crippen molar-refractivity contribution in [3.8, 4) is 6.07 Å². The summed E-state index contributed by atoms with van der Waals surface area (Å²) in [5.41, 5.74) is 1.60. The van der Waals surface area contributed by atoms with Crippen LogP contribution in [0.4, 0.5) is 5.00 Å². The molecule has 0 bridgehead atoms. The number of nitriles is 1. The van der Waals surface area contributed by atoms with E-state index in [2.05, 4.69) is 28.7 Å². The van der Waals surface area contributed by atoms with Crippen LogP contribution >= 0.6 is 11.3 Å². The summed E-state index contributed by atoms with van der Waals surface area (Å²) in [4.78, 5) is 11.9. The van der Waals surface area contributed by atoms with E-state index in [1.807, 2.05) is 30.9 Å². The van der Waals surface area contributed by atoms with Crippen molar-refractivity contribution in [2.75, 3.05) is 11.9 Å². The van der Waals surface area contributed by atoms with Gasteiger partial charge >= 0.3 is 0 Å². The summed E-state index contributed by atoms with van der Waals surface area (Å²) in [6, 6.07) is 3.97. The van der Waals surface area contributed by atoms with Gasteiger partial charge in [-0.2, -0.15) is 10.4 Å². The molecule has 0 spiro atoms. The predicted molar refractivity (Wildman–Crippen MR) is 86.8 cm³/mol. The van der Waals surface area contributed by atoms with Crippen LogP contribution in [-0.2, 0) is 4.79 Å². The Morgan fingerprint density at radius 3 is 2.95 bits per heavy atom. The van der Waals surface area contributed by atoms with Crippen LogP contribution in [0.5, 0.6) is 0 Å². The number of hydrogen-bond acceptors (Lipinski definition) is 5. The zero-order valence-electron chi connectivity index (χ0n) is 12.8. The standard InChI is InChI=1S/C15H19N5OS/c1-10-7-18-20(9-10)12(3)11(2)17-8-14(21)19-15-13(6-16)4-5-22-15/h4-5,7,9,11-12,17H,8H2,1-3H3,(H,19,21). The second-order valence-electron chi connectivity index (χ2n) is 5.23. The van der Waals surface area contributed by atoms with Gasteiger partial charge in [0.2, 0.25) is 5.91 Å². The average molecular weight is 317 g/mol. The molecule has 2 unspecified atom stereocenters. The van der Waals surface area contributed by atoms with Gasteiger partial charge in [0, 0.05) is 12.2 Å². The van der Waals surface area contributed by atoms with Gasteiger partial charge in [-0.05, 0) is 37.8 Å². The Balaban J connectivity index is 1.84. The third-order valence-electron chi connectivity index (χ3n) is 3.49. The molecule has 6 nitrogen and oxygen atoms in total. The molecule has 0 saturated carbocycles. The molecule has 1 amide bonds. The summed E-state index contributed by atoms with van der Waals surface area (Å²) in [6.45, 7) is 6.25. The molecule has 0 aromatic carbocycles. The van der Waals surface area contributed by atoms with E-state index < -0.39 is 0 Å². The SMILES string of the molecule is Cc1cnn(C(C)C(C)NCC(=O)Nc2sccc2C#N)c1. The summed E-state index contributed by atoms with van der Waals surface area (Å²) in [5, 5.41) is 21.5. The van der Waals surface area contributed by atoms with Gasteiger partial charge in [-0.3, -0.25) is 9.48 Å². The smallest absolute Gasteiger partial charge is 0.238 e. The Bertz CT molecular complexity index is 684. The monoisotopic (exact) mass is 317 g/mol. The number of amides is 1. The Hall–Kier alpha value is -2.17. The van der Waals surface area contributed by atoms with E-state index >= 15 is 0 Å². The van der Waals surface area contributed by atoms with Crippen molar-refractivity contribution in [1.82, 2.24) is 15.1 Å². The first-order valence-electron chi connectivity index (χ1n) is 7.03. The van der Waals surface area contributed by atoms with E-state index in [4.69, 9.17) is 5.26 Å². The van der Waals surface area contributed by atoms with Crippen LogP contribution in [0.25, 0.3) is 0 Å². The molecule has 2 atom stereocenters. The quantitative estimate of drug-likeness (QED) is 0.856. The van der Waals surface area contributed by atoms with Crippen molar-refractivity contribution in [3.05, 3.63) is 35.0 Å². The Morgan fingerprint density at radius 1 is 1.55 bits per heavy atom. The molecule has 2 heterocycles. The maximum atomic E-state index is 11.9. The highest BCUT2D eigenvalue weighted by Crippen LogP contribution is 2.21. The number of aromatic nitrogens is 2. The number of nitrogens with zero attached hydrogens (tertiary/aromatic N) is 3. The van der Waals surface area contributed by atoms with Crippen molar-refractivity contribution < 1.29 is 4.79 Å². The molecule has 0 fully saturated rings. The van der Waals surface area contributed by atoms with Gasteiger partial charge in [0.1, 0.15) is 11.1 Å². The average Bonchev–Trinajstić information content (AvgIpc) is 3.12. The molecule has 2 aromatic rings. The van der Waals surface area contributed by atoms with Crippen LogP contribution < -0.4 is 10.6 Å². The largest absolute Gasteiger partial charge is 0.315 e. The van der Waals surface area contributed by atoms with Crippen molar-refractivity contribution >= 4 is 22.2 Å². The van der Waals surface area contributed by atoms with Gasteiger partial charge in [0.25, 0.3) is 0 Å². The van der Waals surface area contributed by atoms with E-state index in [-0.39, 0.29) is 24.5 Å². The van der Waals surface area contributed by atoms with Gasteiger partial charge in [-0.15, -0.1) is 11.3 Å². The molecule has 2 rings (SSSR count). The lowest BCUT2D eigenvalue weighted by Gasteiger charge is -2.21. The molecule has 22 heavy (non-hydrogen) atoms. The van der Waals surface area contributed by atoms with Crippen LogP contribution in [0.2, 0.25) is 0 Å². The molecular formula is C15H19N5OS. The molecule has 0 radical (unpaired) electrons. The first-order chi connectivity index (χ1) is 10.5. The first-order valence-corrected chi connectivity index (χ1v) is 7.90. The molecule has 116 valence electrons. The number of thiophene rings is 1. The highest BCUT2D eigenvalue weighted by atomic mass is 32.1.